The van der Waals surface area contributed by atoms with E-state index in [0.29, 0.717) is 6.54 Å². The average Bonchev–Trinajstić information content (AvgIpc) is 3.15. The number of likely N-dealkylation sites (tertiary alicyclic amines) is 1. The third kappa shape index (κ3) is 2.59. The van der Waals surface area contributed by atoms with E-state index in [1.54, 1.807) is 12.4 Å². The van der Waals surface area contributed by atoms with Crippen LogP contribution in [0.1, 0.15) is 29.2 Å². The molecular formula is C18H18N4O. The normalized spacial score (nSPS) is 18.3. The van der Waals surface area contributed by atoms with Crippen LogP contribution < -0.4 is 0 Å². The van der Waals surface area contributed by atoms with Crippen molar-refractivity contribution < 1.29 is 4.79 Å². The van der Waals surface area contributed by atoms with Gasteiger partial charge in [0, 0.05) is 42.6 Å². The molecule has 0 spiro atoms. The molecule has 4 rings (SSSR count). The van der Waals surface area contributed by atoms with Crippen molar-refractivity contribution in [3.63, 3.8) is 0 Å². The number of hydrogen-bond acceptors (Lipinski definition) is 3. The molecule has 0 saturated carbocycles. The standard InChI is InChI=1S/C18H18N4O/c23-18(16-6-1-8-17-15(16)7-2-9-19-17)21-11-3-5-14(13-21)22-12-4-10-20-22/h1-2,4,6-10,12,14H,3,5,11,13H2/t14-/m0/s1. The number of hydrogen-bond donors (Lipinski definition) is 0. The number of fused-ring (bicyclic) bond motifs is 1. The van der Waals surface area contributed by atoms with Crippen molar-refractivity contribution in [3.8, 4) is 0 Å². The first-order valence-electron chi connectivity index (χ1n) is 7.95. The van der Waals surface area contributed by atoms with E-state index < -0.39 is 0 Å². The third-order valence-corrected chi connectivity index (χ3v) is 4.46. The van der Waals surface area contributed by atoms with Crippen molar-refractivity contribution in [2.75, 3.05) is 13.1 Å². The van der Waals surface area contributed by atoms with Gasteiger partial charge >= 0.3 is 0 Å². The molecule has 0 radical (unpaired) electrons. The molecule has 116 valence electrons. The van der Waals surface area contributed by atoms with Gasteiger partial charge in [0.2, 0.25) is 0 Å². The molecule has 3 aromatic rings. The summed E-state index contributed by atoms with van der Waals surface area (Å²) >= 11 is 0. The third-order valence-electron chi connectivity index (χ3n) is 4.46. The topological polar surface area (TPSA) is 51.0 Å². The quantitative estimate of drug-likeness (QED) is 0.731. The fourth-order valence-corrected chi connectivity index (χ4v) is 3.31. The molecular weight excluding hydrogens is 288 g/mol. The molecule has 1 amide bonds. The molecule has 1 saturated heterocycles. The maximum absolute atomic E-state index is 13.0. The first-order valence-corrected chi connectivity index (χ1v) is 7.95. The number of benzene rings is 1. The van der Waals surface area contributed by atoms with Crippen LogP contribution in [0.2, 0.25) is 0 Å². The van der Waals surface area contributed by atoms with Gasteiger partial charge in [0.1, 0.15) is 0 Å². The van der Waals surface area contributed by atoms with Gasteiger partial charge in [-0.3, -0.25) is 14.5 Å². The number of nitrogens with zero attached hydrogens (tertiary/aromatic N) is 4. The van der Waals surface area contributed by atoms with E-state index in [4.69, 9.17) is 0 Å². The second-order valence-corrected chi connectivity index (χ2v) is 5.91. The van der Waals surface area contributed by atoms with Crippen LogP contribution in [-0.4, -0.2) is 38.7 Å². The molecule has 1 fully saturated rings. The molecule has 0 bridgehead atoms. The fraction of sp³-hybridized carbons (Fsp3) is 0.278. The Kier molecular flexibility index (Phi) is 3.54. The molecule has 1 aliphatic heterocycles. The molecule has 2 aromatic heterocycles. The van der Waals surface area contributed by atoms with Gasteiger partial charge in [0.25, 0.3) is 5.91 Å². The molecule has 5 nitrogen and oxygen atoms in total. The largest absolute Gasteiger partial charge is 0.336 e. The van der Waals surface area contributed by atoms with E-state index in [1.165, 1.54) is 0 Å². The summed E-state index contributed by atoms with van der Waals surface area (Å²) in [6.45, 7) is 1.50. The van der Waals surface area contributed by atoms with Crippen LogP contribution in [0.15, 0.2) is 55.0 Å². The van der Waals surface area contributed by atoms with Crippen molar-refractivity contribution in [1.29, 1.82) is 0 Å². The zero-order valence-corrected chi connectivity index (χ0v) is 12.8. The molecule has 5 heteroatoms. The number of aromatic nitrogens is 3. The number of carbonyl (C=O) groups is 1. The fourth-order valence-electron chi connectivity index (χ4n) is 3.31. The van der Waals surface area contributed by atoms with E-state index in [-0.39, 0.29) is 11.9 Å². The Morgan fingerprint density at radius 3 is 2.96 bits per heavy atom. The number of amides is 1. The summed E-state index contributed by atoms with van der Waals surface area (Å²) in [5.74, 6) is 0.0838. The number of piperidine rings is 1. The lowest BCUT2D eigenvalue weighted by Crippen LogP contribution is -2.40. The highest BCUT2D eigenvalue weighted by Crippen LogP contribution is 2.24. The lowest BCUT2D eigenvalue weighted by atomic mass is 10.0. The Labute approximate surface area is 134 Å². The molecule has 0 aliphatic carbocycles. The SMILES string of the molecule is O=C(c1cccc2ncccc12)N1CCC[C@H](n2cccn2)C1. The van der Waals surface area contributed by atoms with Crippen molar-refractivity contribution in [1.82, 2.24) is 19.7 Å². The monoisotopic (exact) mass is 306 g/mol. The zero-order chi connectivity index (χ0) is 15.6. The van der Waals surface area contributed by atoms with Gasteiger partial charge in [-0.1, -0.05) is 12.1 Å². The van der Waals surface area contributed by atoms with Gasteiger partial charge in [0.05, 0.1) is 11.6 Å². The number of rotatable bonds is 2. The van der Waals surface area contributed by atoms with Gasteiger partial charge in [-0.15, -0.1) is 0 Å². The Hall–Kier alpha value is -2.69. The smallest absolute Gasteiger partial charge is 0.254 e. The lowest BCUT2D eigenvalue weighted by molar-refractivity contribution is 0.0675. The predicted molar refractivity (Wildman–Crippen MR) is 88.1 cm³/mol. The first kappa shape index (κ1) is 13.9. The van der Waals surface area contributed by atoms with Gasteiger partial charge in [-0.05, 0) is 37.1 Å². The van der Waals surface area contributed by atoms with Crippen LogP contribution in [0.4, 0.5) is 0 Å². The van der Waals surface area contributed by atoms with Crippen molar-refractivity contribution in [2.45, 2.75) is 18.9 Å². The molecule has 3 heterocycles. The van der Waals surface area contributed by atoms with Crippen LogP contribution in [0.5, 0.6) is 0 Å². The summed E-state index contributed by atoms with van der Waals surface area (Å²) in [5.41, 5.74) is 1.59. The Balaban J connectivity index is 1.63. The Morgan fingerprint density at radius 2 is 2.09 bits per heavy atom. The van der Waals surface area contributed by atoms with Gasteiger partial charge < -0.3 is 4.90 Å². The van der Waals surface area contributed by atoms with Crippen molar-refractivity contribution in [3.05, 3.63) is 60.6 Å². The minimum atomic E-state index is 0.0838. The van der Waals surface area contributed by atoms with Crippen LogP contribution >= 0.6 is 0 Å². The van der Waals surface area contributed by atoms with Crippen LogP contribution in [0.3, 0.4) is 0 Å². The summed E-state index contributed by atoms with van der Waals surface area (Å²) in [5, 5.41) is 5.24. The van der Waals surface area contributed by atoms with Crippen molar-refractivity contribution >= 4 is 16.8 Å². The molecule has 1 aromatic carbocycles. The minimum Gasteiger partial charge on any atom is -0.336 e. The highest BCUT2D eigenvalue weighted by molar-refractivity contribution is 6.06. The van der Waals surface area contributed by atoms with Crippen LogP contribution in [0.25, 0.3) is 10.9 Å². The van der Waals surface area contributed by atoms with E-state index in [9.17, 15) is 4.79 Å². The number of carbonyl (C=O) groups excluding carboxylic acids is 1. The Bertz CT molecular complexity index is 823. The summed E-state index contributed by atoms with van der Waals surface area (Å²) in [7, 11) is 0. The molecule has 1 atom stereocenters. The zero-order valence-electron chi connectivity index (χ0n) is 12.8. The van der Waals surface area contributed by atoms with Gasteiger partial charge in [-0.2, -0.15) is 5.10 Å². The Morgan fingerprint density at radius 1 is 1.13 bits per heavy atom. The van der Waals surface area contributed by atoms with Gasteiger partial charge in [0.15, 0.2) is 0 Å². The molecule has 23 heavy (non-hydrogen) atoms. The minimum absolute atomic E-state index is 0.0838. The lowest BCUT2D eigenvalue weighted by Gasteiger charge is -2.33. The average molecular weight is 306 g/mol. The maximum atomic E-state index is 13.0. The summed E-state index contributed by atoms with van der Waals surface area (Å²) < 4.78 is 1.96. The second-order valence-electron chi connectivity index (χ2n) is 5.91. The summed E-state index contributed by atoms with van der Waals surface area (Å²) in [4.78, 5) is 19.3. The van der Waals surface area contributed by atoms with Crippen LogP contribution in [0, 0.1) is 0 Å². The predicted octanol–water partition coefficient (Wildman–Crippen LogP) is 2.91. The van der Waals surface area contributed by atoms with E-state index in [2.05, 4.69) is 10.1 Å². The first-order chi connectivity index (χ1) is 11.3. The van der Waals surface area contributed by atoms with E-state index in [1.807, 2.05) is 52.2 Å². The second kappa shape index (κ2) is 5.83. The van der Waals surface area contributed by atoms with Gasteiger partial charge in [-0.25, -0.2) is 0 Å². The van der Waals surface area contributed by atoms with E-state index in [0.717, 1.165) is 35.9 Å². The summed E-state index contributed by atoms with van der Waals surface area (Å²) in [6, 6.07) is 11.8. The highest BCUT2D eigenvalue weighted by atomic mass is 16.2. The molecule has 1 aliphatic rings. The summed E-state index contributed by atoms with van der Waals surface area (Å²) in [6.07, 6.45) is 7.57. The highest BCUT2D eigenvalue weighted by Gasteiger charge is 2.26. The van der Waals surface area contributed by atoms with E-state index >= 15 is 0 Å². The van der Waals surface area contributed by atoms with Crippen molar-refractivity contribution in [2.24, 2.45) is 0 Å². The maximum Gasteiger partial charge on any atom is 0.254 e. The van der Waals surface area contributed by atoms with Crippen LogP contribution in [-0.2, 0) is 0 Å². The molecule has 0 unspecified atom stereocenters. The number of pyridine rings is 1. The molecule has 0 N–H and O–H groups in total.